The van der Waals surface area contributed by atoms with Crippen LogP contribution in [0, 0.1) is 0 Å². The number of hydrogen-bond donors (Lipinski definition) is 2. The molecule has 0 saturated heterocycles. The lowest BCUT2D eigenvalue weighted by Gasteiger charge is -2.04. The number of aromatic carboxylic acids is 2. The monoisotopic (exact) mass is 336 g/mol. The first kappa shape index (κ1) is 18.6. The molecule has 0 aromatic carbocycles. The second-order valence-electron chi connectivity index (χ2n) is 4.44. The number of carbonyl (C=O) groups is 2. The van der Waals surface area contributed by atoms with Gasteiger partial charge < -0.3 is 10.2 Å². The Bertz CT molecular complexity index is 675. The van der Waals surface area contributed by atoms with E-state index < -0.39 is 11.9 Å². The van der Waals surface area contributed by atoms with Gasteiger partial charge >= 0.3 is 11.9 Å². The minimum absolute atomic E-state index is 0.269. The molecule has 0 aliphatic carbocycles. The van der Waals surface area contributed by atoms with Crippen molar-refractivity contribution in [3.05, 3.63) is 58.1 Å². The molecular formula is C16H17ClN2O4. The van der Waals surface area contributed by atoms with E-state index in [1.165, 1.54) is 23.8 Å². The van der Waals surface area contributed by atoms with Crippen molar-refractivity contribution in [3.63, 3.8) is 0 Å². The average Bonchev–Trinajstić information content (AvgIpc) is 2.55. The first-order valence-electron chi connectivity index (χ1n) is 6.96. The Morgan fingerprint density at radius 1 is 1.04 bits per heavy atom. The molecule has 0 bridgehead atoms. The molecule has 6 nitrogen and oxygen atoms in total. The number of carboxylic acids is 2. The van der Waals surface area contributed by atoms with E-state index >= 15 is 0 Å². The lowest BCUT2D eigenvalue weighted by molar-refractivity contribution is 0.0685. The molecule has 0 radical (unpaired) electrons. The summed E-state index contributed by atoms with van der Waals surface area (Å²) in [5.41, 5.74) is 1.78. The SMILES string of the molecule is CCc1nccc(Cl)c1CC.O=C(O)c1cccc(C(=O)O)n1. The van der Waals surface area contributed by atoms with Gasteiger partial charge in [-0.2, -0.15) is 0 Å². The predicted molar refractivity (Wildman–Crippen MR) is 86.2 cm³/mol. The third-order valence-electron chi connectivity index (χ3n) is 2.96. The third kappa shape index (κ3) is 5.34. The summed E-state index contributed by atoms with van der Waals surface area (Å²) in [6, 6.07) is 5.64. The number of halogens is 1. The van der Waals surface area contributed by atoms with Crippen molar-refractivity contribution in [1.82, 2.24) is 9.97 Å². The van der Waals surface area contributed by atoms with E-state index in [0.29, 0.717) is 0 Å². The Balaban J connectivity index is 0.000000231. The highest BCUT2D eigenvalue weighted by atomic mass is 35.5. The molecule has 122 valence electrons. The highest BCUT2D eigenvalue weighted by molar-refractivity contribution is 6.31. The first-order valence-corrected chi connectivity index (χ1v) is 7.34. The summed E-state index contributed by atoms with van der Waals surface area (Å²) in [5, 5.41) is 17.7. The van der Waals surface area contributed by atoms with Crippen LogP contribution in [0.2, 0.25) is 5.02 Å². The van der Waals surface area contributed by atoms with Gasteiger partial charge in [0.25, 0.3) is 0 Å². The maximum atomic E-state index is 10.3. The minimum Gasteiger partial charge on any atom is -0.477 e. The molecule has 2 aromatic rings. The zero-order valence-electron chi connectivity index (χ0n) is 12.8. The standard InChI is InChI=1S/C9H12ClN.C7H5NO4/c1-3-7-8(10)5-6-11-9(7)4-2;9-6(10)4-2-1-3-5(8-4)7(11)12/h5-6H,3-4H2,1-2H3;1-3H,(H,9,10)(H,11,12). The van der Waals surface area contributed by atoms with Crippen LogP contribution in [-0.2, 0) is 12.8 Å². The Hall–Kier alpha value is -2.47. The molecule has 0 aliphatic rings. The van der Waals surface area contributed by atoms with Crippen LogP contribution >= 0.6 is 11.6 Å². The maximum absolute atomic E-state index is 10.3. The number of carboxylic acid groups (broad SMARTS) is 2. The average molecular weight is 337 g/mol. The normalized spacial score (nSPS) is 9.70. The fourth-order valence-corrected chi connectivity index (χ4v) is 2.16. The van der Waals surface area contributed by atoms with Gasteiger partial charge in [0.2, 0.25) is 0 Å². The fraction of sp³-hybridized carbons (Fsp3) is 0.250. The Morgan fingerprint density at radius 3 is 2.00 bits per heavy atom. The van der Waals surface area contributed by atoms with E-state index in [-0.39, 0.29) is 11.4 Å². The third-order valence-corrected chi connectivity index (χ3v) is 3.32. The van der Waals surface area contributed by atoms with Gasteiger partial charge in [-0.05, 0) is 36.6 Å². The Morgan fingerprint density at radius 2 is 1.61 bits per heavy atom. The molecule has 2 aromatic heterocycles. The molecule has 7 heteroatoms. The van der Waals surface area contributed by atoms with Gasteiger partial charge in [0.1, 0.15) is 11.4 Å². The lowest BCUT2D eigenvalue weighted by atomic mass is 10.1. The molecule has 0 aliphatic heterocycles. The van der Waals surface area contributed by atoms with E-state index in [1.807, 2.05) is 6.07 Å². The summed E-state index contributed by atoms with van der Waals surface area (Å²) in [7, 11) is 0. The quantitative estimate of drug-likeness (QED) is 0.888. The van der Waals surface area contributed by atoms with Gasteiger partial charge in [-0.15, -0.1) is 0 Å². The van der Waals surface area contributed by atoms with Gasteiger partial charge in [0, 0.05) is 16.9 Å². The Labute approximate surface area is 138 Å². The van der Waals surface area contributed by atoms with Crippen molar-refractivity contribution in [2.75, 3.05) is 0 Å². The second kappa shape index (κ2) is 8.85. The highest BCUT2D eigenvalue weighted by Gasteiger charge is 2.08. The molecule has 0 unspecified atom stereocenters. The van der Waals surface area contributed by atoms with Crippen LogP contribution in [0.4, 0.5) is 0 Å². The number of hydrogen-bond acceptors (Lipinski definition) is 4. The molecule has 2 N–H and O–H groups in total. The van der Waals surface area contributed by atoms with E-state index in [9.17, 15) is 9.59 Å². The van der Waals surface area contributed by atoms with Crippen LogP contribution in [0.3, 0.4) is 0 Å². The summed E-state index contributed by atoms with van der Waals surface area (Å²) in [6.07, 6.45) is 3.69. The number of rotatable bonds is 4. The van der Waals surface area contributed by atoms with Gasteiger partial charge in [0.05, 0.1) is 0 Å². The van der Waals surface area contributed by atoms with Crippen molar-refractivity contribution in [2.24, 2.45) is 0 Å². The Kier molecular flexibility index (Phi) is 7.15. The molecule has 0 atom stereocenters. The number of aryl methyl sites for hydroxylation is 1. The van der Waals surface area contributed by atoms with E-state index in [4.69, 9.17) is 21.8 Å². The predicted octanol–water partition coefficient (Wildman–Crippen LogP) is 3.34. The molecule has 0 amide bonds. The van der Waals surface area contributed by atoms with Crippen LogP contribution in [0.25, 0.3) is 0 Å². The summed E-state index contributed by atoms with van der Waals surface area (Å²) in [5.74, 6) is -2.48. The molecule has 23 heavy (non-hydrogen) atoms. The smallest absolute Gasteiger partial charge is 0.354 e. The van der Waals surface area contributed by atoms with Gasteiger partial charge in [0.15, 0.2) is 0 Å². The van der Waals surface area contributed by atoms with E-state index in [2.05, 4.69) is 23.8 Å². The molecule has 0 spiro atoms. The zero-order chi connectivity index (χ0) is 17.4. The van der Waals surface area contributed by atoms with E-state index in [1.54, 1.807) is 6.20 Å². The van der Waals surface area contributed by atoms with E-state index in [0.717, 1.165) is 23.6 Å². The van der Waals surface area contributed by atoms with Gasteiger partial charge in [-0.1, -0.05) is 31.5 Å². The molecule has 2 rings (SSSR count). The number of aromatic nitrogens is 2. The largest absolute Gasteiger partial charge is 0.477 e. The number of nitrogens with zero attached hydrogens (tertiary/aromatic N) is 2. The van der Waals surface area contributed by atoms with Crippen molar-refractivity contribution in [1.29, 1.82) is 0 Å². The topological polar surface area (TPSA) is 100 Å². The maximum Gasteiger partial charge on any atom is 0.354 e. The van der Waals surface area contributed by atoms with Crippen LogP contribution in [0.5, 0.6) is 0 Å². The second-order valence-corrected chi connectivity index (χ2v) is 4.85. The van der Waals surface area contributed by atoms with Gasteiger partial charge in [-0.25, -0.2) is 14.6 Å². The summed E-state index contributed by atoms with van der Waals surface area (Å²) in [6.45, 7) is 4.19. The van der Waals surface area contributed by atoms with Crippen LogP contribution in [0.1, 0.15) is 46.1 Å². The van der Waals surface area contributed by atoms with Crippen LogP contribution < -0.4 is 0 Å². The van der Waals surface area contributed by atoms with Crippen LogP contribution in [0.15, 0.2) is 30.5 Å². The van der Waals surface area contributed by atoms with Crippen molar-refractivity contribution in [3.8, 4) is 0 Å². The van der Waals surface area contributed by atoms with Gasteiger partial charge in [-0.3, -0.25) is 4.98 Å². The van der Waals surface area contributed by atoms with Crippen molar-refractivity contribution >= 4 is 23.5 Å². The summed E-state index contributed by atoms with van der Waals surface area (Å²) >= 11 is 5.97. The number of pyridine rings is 2. The highest BCUT2D eigenvalue weighted by Crippen LogP contribution is 2.18. The lowest BCUT2D eigenvalue weighted by Crippen LogP contribution is -2.06. The summed E-state index contributed by atoms with van der Waals surface area (Å²) < 4.78 is 0. The molecule has 2 heterocycles. The molecule has 0 saturated carbocycles. The summed E-state index contributed by atoms with van der Waals surface area (Å²) in [4.78, 5) is 28.3. The molecule has 0 fully saturated rings. The minimum atomic E-state index is -1.24. The fourth-order valence-electron chi connectivity index (χ4n) is 1.86. The zero-order valence-corrected chi connectivity index (χ0v) is 13.5. The van der Waals surface area contributed by atoms with Crippen LogP contribution in [-0.4, -0.2) is 32.1 Å². The van der Waals surface area contributed by atoms with Crippen molar-refractivity contribution < 1.29 is 19.8 Å². The first-order chi connectivity index (χ1) is 10.9. The molecular weight excluding hydrogens is 320 g/mol. The van der Waals surface area contributed by atoms with Crippen molar-refractivity contribution in [2.45, 2.75) is 26.7 Å².